The Morgan fingerprint density at radius 3 is 2.79 bits per heavy atom. The fourth-order valence-electron chi connectivity index (χ4n) is 3.13. The summed E-state index contributed by atoms with van der Waals surface area (Å²) in [5.41, 5.74) is 1.44. The molecule has 0 aromatic heterocycles. The Bertz CT molecular complexity index is 330. The van der Waals surface area contributed by atoms with Crippen molar-refractivity contribution in [3.8, 4) is 0 Å². The first-order chi connectivity index (χ1) is 8.88. The van der Waals surface area contributed by atoms with Crippen LogP contribution in [0.1, 0.15) is 66.7 Å². The van der Waals surface area contributed by atoms with E-state index in [1.807, 2.05) is 11.8 Å². The first kappa shape index (κ1) is 16.8. The first-order valence-corrected chi connectivity index (χ1v) is 8.74. The Morgan fingerprint density at radius 2 is 2.21 bits per heavy atom. The summed E-state index contributed by atoms with van der Waals surface area (Å²) >= 11 is 1.95. The van der Waals surface area contributed by atoms with Crippen LogP contribution in [0.5, 0.6) is 0 Å². The highest BCUT2D eigenvalue weighted by Crippen LogP contribution is 2.42. The summed E-state index contributed by atoms with van der Waals surface area (Å²) in [4.78, 5) is 12.6. The molecule has 2 heteroatoms. The molecule has 1 nitrogen and oxygen atoms in total. The van der Waals surface area contributed by atoms with Gasteiger partial charge >= 0.3 is 0 Å². The van der Waals surface area contributed by atoms with Crippen molar-refractivity contribution in [3.05, 3.63) is 11.6 Å². The lowest BCUT2D eigenvalue weighted by Crippen LogP contribution is -2.35. The maximum atomic E-state index is 12.6. The van der Waals surface area contributed by atoms with Gasteiger partial charge < -0.3 is 0 Å². The van der Waals surface area contributed by atoms with Gasteiger partial charge in [0.25, 0.3) is 0 Å². The predicted octanol–water partition coefficient (Wildman–Crippen LogP) is 5.25. The fourth-order valence-corrected chi connectivity index (χ4v) is 4.27. The van der Waals surface area contributed by atoms with Crippen molar-refractivity contribution in [1.82, 2.24) is 0 Å². The second-order valence-corrected chi connectivity index (χ2v) is 8.16. The number of ketones is 1. The van der Waals surface area contributed by atoms with Gasteiger partial charge in [-0.05, 0) is 37.4 Å². The zero-order valence-corrected chi connectivity index (χ0v) is 14.1. The second-order valence-electron chi connectivity index (χ2n) is 6.61. The van der Waals surface area contributed by atoms with Crippen LogP contribution in [-0.2, 0) is 4.79 Å². The molecule has 0 saturated heterocycles. The number of carbonyl (C=O) groups excluding carboxylic acids is 1. The Labute approximate surface area is 123 Å². The van der Waals surface area contributed by atoms with Gasteiger partial charge in [0.05, 0.1) is 0 Å². The molecule has 0 amide bonds. The van der Waals surface area contributed by atoms with Crippen LogP contribution in [0.4, 0.5) is 0 Å². The molecule has 1 aliphatic carbocycles. The molecule has 19 heavy (non-hydrogen) atoms. The van der Waals surface area contributed by atoms with Gasteiger partial charge in [-0.25, -0.2) is 0 Å². The topological polar surface area (TPSA) is 17.1 Å². The van der Waals surface area contributed by atoms with Crippen LogP contribution in [0.25, 0.3) is 0 Å². The first-order valence-electron chi connectivity index (χ1n) is 7.69. The summed E-state index contributed by atoms with van der Waals surface area (Å²) in [5.74, 6) is 1.79. The van der Waals surface area contributed by atoms with Crippen molar-refractivity contribution < 1.29 is 4.79 Å². The highest BCUT2D eigenvalue weighted by molar-refractivity contribution is 7.99. The molecule has 1 aliphatic rings. The summed E-state index contributed by atoms with van der Waals surface area (Å²) in [6.45, 7) is 11.1. The molecule has 0 aromatic rings. The Kier molecular flexibility index (Phi) is 6.65. The highest BCUT2D eigenvalue weighted by Gasteiger charge is 2.37. The van der Waals surface area contributed by atoms with Crippen LogP contribution in [0.3, 0.4) is 0 Å². The molecule has 0 heterocycles. The van der Waals surface area contributed by atoms with Crippen molar-refractivity contribution in [2.75, 3.05) is 5.75 Å². The number of carbonyl (C=O) groups is 1. The second kappa shape index (κ2) is 7.52. The van der Waals surface area contributed by atoms with Gasteiger partial charge in [0, 0.05) is 17.6 Å². The number of thioether (sulfide) groups is 1. The number of Topliss-reactive ketones (excluding diaryl/α,β-unsaturated/α-hetero) is 1. The fraction of sp³-hybridized carbons (Fsp3) is 0.824. The van der Waals surface area contributed by atoms with Gasteiger partial charge in [-0.3, -0.25) is 4.79 Å². The van der Waals surface area contributed by atoms with Crippen LogP contribution < -0.4 is 0 Å². The summed E-state index contributed by atoms with van der Waals surface area (Å²) in [6, 6.07) is 0. The monoisotopic (exact) mass is 282 g/mol. The maximum Gasteiger partial charge on any atom is 0.141 e. The molecule has 0 bridgehead atoms. The van der Waals surface area contributed by atoms with Crippen molar-refractivity contribution in [2.45, 2.75) is 72.0 Å². The van der Waals surface area contributed by atoms with E-state index in [4.69, 9.17) is 0 Å². The number of allylic oxidation sites excluding steroid dienone is 2. The summed E-state index contributed by atoms with van der Waals surface area (Å²) in [6.07, 6.45) is 7.76. The van der Waals surface area contributed by atoms with E-state index in [-0.39, 0.29) is 11.3 Å². The zero-order valence-electron chi connectivity index (χ0n) is 13.3. The smallest absolute Gasteiger partial charge is 0.141 e. The van der Waals surface area contributed by atoms with Gasteiger partial charge in [0.1, 0.15) is 5.78 Å². The molecule has 0 radical (unpaired) electrons. The number of rotatable bonds is 7. The lowest BCUT2D eigenvalue weighted by atomic mass is 9.66. The summed E-state index contributed by atoms with van der Waals surface area (Å²) < 4.78 is 0. The van der Waals surface area contributed by atoms with Crippen LogP contribution in [0, 0.1) is 11.3 Å². The van der Waals surface area contributed by atoms with E-state index < -0.39 is 0 Å². The molecule has 2 atom stereocenters. The van der Waals surface area contributed by atoms with E-state index >= 15 is 0 Å². The quantitative estimate of drug-likeness (QED) is 0.468. The molecule has 2 unspecified atom stereocenters. The Morgan fingerprint density at radius 1 is 1.53 bits per heavy atom. The Balaban J connectivity index is 2.56. The van der Waals surface area contributed by atoms with Crippen LogP contribution >= 0.6 is 11.8 Å². The van der Waals surface area contributed by atoms with E-state index in [2.05, 4.69) is 40.7 Å². The predicted molar refractivity (Wildman–Crippen MR) is 86.7 cm³/mol. The molecule has 0 fully saturated rings. The number of hydrogen-bond acceptors (Lipinski definition) is 2. The molecule has 0 N–H and O–H groups in total. The minimum absolute atomic E-state index is 0.143. The molecule has 1 rings (SSSR count). The largest absolute Gasteiger partial charge is 0.299 e. The van der Waals surface area contributed by atoms with E-state index in [1.54, 1.807) is 0 Å². The third-order valence-corrected chi connectivity index (χ3v) is 5.46. The third kappa shape index (κ3) is 4.98. The number of unbranched alkanes of at least 4 members (excludes halogenated alkanes) is 1. The summed E-state index contributed by atoms with van der Waals surface area (Å²) in [5, 5.41) is 0.463. The van der Waals surface area contributed by atoms with E-state index in [9.17, 15) is 4.79 Å². The van der Waals surface area contributed by atoms with Crippen molar-refractivity contribution in [2.24, 2.45) is 11.3 Å². The van der Waals surface area contributed by atoms with Crippen LogP contribution in [0.2, 0.25) is 0 Å². The van der Waals surface area contributed by atoms with Gasteiger partial charge in [-0.2, -0.15) is 11.8 Å². The van der Waals surface area contributed by atoms with Crippen molar-refractivity contribution >= 4 is 17.5 Å². The Hall–Kier alpha value is -0.240. The maximum absolute atomic E-state index is 12.6. The van der Waals surface area contributed by atoms with Gasteiger partial charge in [-0.15, -0.1) is 0 Å². The molecule has 0 saturated carbocycles. The molecule has 110 valence electrons. The average Bonchev–Trinajstić information content (AvgIpc) is 2.27. The molecule has 0 spiro atoms. The molecular weight excluding hydrogens is 252 g/mol. The van der Waals surface area contributed by atoms with Gasteiger partial charge in [0.2, 0.25) is 0 Å². The highest BCUT2D eigenvalue weighted by atomic mass is 32.2. The lowest BCUT2D eigenvalue weighted by Gasteiger charge is -2.37. The molecule has 0 aliphatic heterocycles. The summed E-state index contributed by atoms with van der Waals surface area (Å²) in [7, 11) is 0. The minimum atomic E-state index is 0.143. The lowest BCUT2D eigenvalue weighted by molar-refractivity contribution is -0.125. The average molecular weight is 282 g/mol. The minimum Gasteiger partial charge on any atom is -0.299 e. The van der Waals surface area contributed by atoms with E-state index in [1.165, 1.54) is 24.2 Å². The van der Waals surface area contributed by atoms with Crippen molar-refractivity contribution in [3.63, 3.8) is 0 Å². The van der Waals surface area contributed by atoms with Crippen LogP contribution in [0.15, 0.2) is 11.6 Å². The number of hydrogen-bond donors (Lipinski definition) is 0. The van der Waals surface area contributed by atoms with Crippen molar-refractivity contribution in [1.29, 1.82) is 0 Å². The van der Waals surface area contributed by atoms with Gasteiger partial charge in [-0.1, -0.05) is 45.8 Å². The normalized spacial score (nSPS) is 23.8. The standard InChI is InChI=1S/C17H30OS/c1-6-7-11-19-14(3)12-15(18)16-13(2)9-8-10-17(16,4)5/h9,14,16H,6-8,10-12H2,1-5H3. The van der Waals surface area contributed by atoms with Crippen LogP contribution in [-0.4, -0.2) is 16.8 Å². The van der Waals surface area contributed by atoms with Gasteiger partial charge in [0.15, 0.2) is 0 Å². The third-order valence-electron chi connectivity index (χ3n) is 4.20. The molecular formula is C17H30OS. The van der Waals surface area contributed by atoms with E-state index in [0.717, 1.165) is 19.3 Å². The SMILES string of the molecule is CCCCSC(C)CC(=O)C1C(C)=CCCC1(C)C. The zero-order chi connectivity index (χ0) is 14.5. The van der Waals surface area contributed by atoms with E-state index in [0.29, 0.717) is 11.0 Å². The molecule has 0 aromatic carbocycles.